The Bertz CT molecular complexity index is 1360. The Morgan fingerprint density at radius 3 is 2.09 bits per heavy atom. The van der Waals surface area contributed by atoms with Gasteiger partial charge in [0.25, 0.3) is 0 Å². The standard InChI is InChI=1S/C39H50O6/c1-25(15-20-35(40)43-4)31-18-19-32-30-17-16-28-23-29(44-36(41)26-11-7-5-8-12-26)21-22-38(28,2)33(30)24-34(39(31,32)3)45-37(42)27-13-9-6-10-14-27/h5-14,25,28-34H,15-24H2,1-4H3/t25-,28+,29-,30-,31-,32+,33-,34+,38+,39-/m1/s1. The average molecular weight is 615 g/mol. The predicted octanol–water partition coefficient (Wildman–Crippen LogP) is 8.30. The Kier molecular flexibility index (Phi) is 9.14. The van der Waals surface area contributed by atoms with Gasteiger partial charge in [-0.25, -0.2) is 9.59 Å². The Labute approximate surface area is 268 Å². The Morgan fingerprint density at radius 1 is 0.800 bits per heavy atom. The molecule has 45 heavy (non-hydrogen) atoms. The number of rotatable bonds is 8. The van der Waals surface area contributed by atoms with Crippen LogP contribution in [0.15, 0.2) is 60.7 Å². The molecule has 10 atom stereocenters. The van der Waals surface area contributed by atoms with Crippen LogP contribution in [0.5, 0.6) is 0 Å². The fourth-order valence-electron chi connectivity index (χ4n) is 10.6. The first-order chi connectivity index (χ1) is 21.6. The zero-order chi connectivity index (χ0) is 31.8. The molecule has 4 aliphatic rings. The van der Waals surface area contributed by atoms with E-state index < -0.39 is 0 Å². The van der Waals surface area contributed by atoms with Crippen molar-refractivity contribution in [2.75, 3.05) is 7.11 Å². The first-order valence-electron chi connectivity index (χ1n) is 17.2. The summed E-state index contributed by atoms with van der Waals surface area (Å²) in [5, 5.41) is 0. The van der Waals surface area contributed by atoms with Gasteiger partial charge in [-0.15, -0.1) is 0 Å². The summed E-state index contributed by atoms with van der Waals surface area (Å²) < 4.78 is 17.6. The van der Waals surface area contributed by atoms with Crippen LogP contribution < -0.4 is 0 Å². The molecule has 242 valence electrons. The minimum absolute atomic E-state index is 0.0561. The molecule has 4 saturated carbocycles. The number of fused-ring (bicyclic) bond motifs is 5. The quantitative estimate of drug-likeness (QED) is 0.220. The highest BCUT2D eigenvalue weighted by Crippen LogP contribution is 2.69. The molecule has 0 saturated heterocycles. The highest BCUT2D eigenvalue weighted by molar-refractivity contribution is 5.90. The van der Waals surface area contributed by atoms with Gasteiger partial charge in [0.15, 0.2) is 0 Å². The second-order valence-corrected chi connectivity index (χ2v) is 15.0. The predicted molar refractivity (Wildman–Crippen MR) is 172 cm³/mol. The molecule has 0 spiro atoms. The van der Waals surface area contributed by atoms with Crippen LogP contribution in [0.2, 0.25) is 0 Å². The molecule has 6 nitrogen and oxygen atoms in total. The number of esters is 3. The van der Waals surface area contributed by atoms with Crippen molar-refractivity contribution in [3.8, 4) is 0 Å². The molecule has 0 radical (unpaired) electrons. The maximum Gasteiger partial charge on any atom is 0.338 e. The number of carbonyl (C=O) groups excluding carboxylic acids is 3. The van der Waals surface area contributed by atoms with Gasteiger partial charge in [0.05, 0.1) is 18.2 Å². The molecule has 0 aromatic heterocycles. The largest absolute Gasteiger partial charge is 0.469 e. The molecule has 0 aliphatic heterocycles. The third-order valence-corrected chi connectivity index (χ3v) is 13.0. The van der Waals surface area contributed by atoms with E-state index >= 15 is 0 Å². The third-order valence-electron chi connectivity index (χ3n) is 13.0. The van der Waals surface area contributed by atoms with Crippen molar-refractivity contribution < 1.29 is 28.6 Å². The van der Waals surface area contributed by atoms with E-state index in [1.807, 2.05) is 60.7 Å². The van der Waals surface area contributed by atoms with Crippen LogP contribution in [0.25, 0.3) is 0 Å². The van der Waals surface area contributed by atoms with Crippen molar-refractivity contribution in [3.05, 3.63) is 71.8 Å². The number of methoxy groups -OCH3 is 1. The zero-order valence-electron chi connectivity index (χ0n) is 27.4. The molecular weight excluding hydrogens is 564 g/mol. The summed E-state index contributed by atoms with van der Waals surface area (Å²) >= 11 is 0. The fourth-order valence-corrected chi connectivity index (χ4v) is 10.6. The topological polar surface area (TPSA) is 78.9 Å². The molecule has 0 N–H and O–H groups in total. The van der Waals surface area contributed by atoms with Crippen molar-refractivity contribution >= 4 is 17.9 Å². The summed E-state index contributed by atoms with van der Waals surface area (Å²) in [6, 6.07) is 18.7. The summed E-state index contributed by atoms with van der Waals surface area (Å²) in [7, 11) is 1.46. The number of hydrogen-bond acceptors (Lipinski definition) is 6. The summed E-state index contributed by atoms with van der Waals surface area (Å²) in [6.45, 7) is 7.16. The summed E-state index contributed by atoms with van der Waals surface area (Å²) in [5.41, 5.74) is 1.18. The zero-order valence-corrected chi connectivity index (χ0v) is 27.4. The fraction of sp³-hybridized carbons (Fsp3) is 0.615. The molecule has 0 unspecified atom stereocenters. The van der Waals surface area contributed by atoms with Crippen LogP contribution in [-0.2, 0) is 19.0 Å². The lowest BCUT2D eigenvalue weighted by molar-refractivity contribution is -0.176. The van der Waals surface area contributed by atoms with Crippen LogP contribution in [0.1, 0.15) is 106 Å². The maximum atomic E-state index is 13.6. The molecule has 4 aliphatic carbocycles. The molecule has 0 heterocycles. The van der Waals surface area contributed by atoms with E-state index in [-0.39, 0.29) is 40.9 Å². The molecule has 2 aromatic rings. The van der Waals surface area contributed by atoms with Gasteiger partial charge in [0, 0.05) is 11.8 Å². The summed E-state index contributed by atoms with van der Waals surface area (Å²) in [6.07, 6.45) is 9.21. The SMILES string of the molecule is COC(=O)CC[C@@H](C)[C@H]1CC[C@H]2[C@H]3CC[C@H]4C[C@H](OC(=O)c5ccccc5)CC[C@]4(C)[C@@H]3C[C@H](OC(=O)c3ccccc3)[C@]12C. The van der Waals surface area contributed by atoms with Crippen molar-refractivity contribution in [2.24, 2.45) is 46.3 Å². The molecule has 0 amide bonds. The van der Waals surface area contributed by atoms with Gasteiger partial charge in [-0.2, -0.15) is 0 Å². The summed E-state index contributed by atoms with van der Waals surface area (Å²) in [4.78, 5) is 38.6. The number of ether oxygens (including phenoxy) is 3. The second-order valence-electron chi connectivity index (χ2n) is 15.0. The molecular formula is C39H50O6. The minimum Gasteiger partial charge on any atom is -0.469 e. The Hall–Kier alpha value is -3.15. The van der Waals surface area contributed by atoms with Crippen molar-refractivity contribution in [1.82, 2.24) is 0 Å². The molecule has 6 heteroatoms. The molecule has 0 bridgehead atoms. The number of benzene rings is 2. The Morgan fingerprint density at radius 2 is 1.44 bits per heavy atom. The summed E-state index contributed by atoms with van der Waals surface area (Å²) in [5.74, 6) is 2.08. The van der Waals surface area contributed by atoms with Crippen LogP contribution in [0.3, 0.4) is 0 Å². The van der Waals surface area contributed by atoms with Gasteiger partial charge in [0.2, 0.25) is 0 Å². The number of hydrogen-bond donors (Lipinski definition) is 0. The molecule has 2 aromatic carbocycles. The van der Waals surface area contributed by atoms with E-state index in [0.717, 1.165) is 51.4 Å². The number of carbonyl (C=O) groups is 3. The highest BCUT2D eigenvalue weighted by Gasteiger charge is 2.65. The van der Waals surface area contributed by atoms with Gasteiger partial charge in [-0.05, 0) is 123 Å². The van der Waals surface area contributed by atoms with E-state index in [0.29, 0.717) is 53.1 Å². The molecule has 4 fully saturated rings. The molecule has 6 rings (SSSR count). The van der Waals surface area contributed by atoms with Gasteiger partial charge < -0.3 is 14.2 Å². The average Bonchev–Trinajstić information content (AvgIpc) is 3.43. The lowest BCUT2D eigenvalue weighted by Gasteiger charge is -2.62. The van der Waals surface area contributed by atoms with Crippen LogP contribution in [0.4, 0.5) is 0 Å². The van der Waals surface area contributed by atoms with E-state index in [4.69, 9.17) is 14.2 Å². The van der Waals surface area contributed by atoms with Gasteiger partial charge in [-0.1, -0.05) is 57.2 Å². The second kappa shape index (κ2) is 12.9. The Balaban J connectivity index is 1.24. The normalized spacial score (nSPS) is 36.0. The lowest BCUT2D eigenvalue weighted by atomic mass is 9.43. The third kappa shape index (κ3) is 5.94. The smallest absolute Gasteiger partial charge is 0.338 e. The van der Waals surface area contributed by atoms with E-state index in [1.54, 1.807) is 0 Å². The van der Waals surface area contributed by atoms with E-state index in [2.05, 4.69) is 20.8 Å². The minimum atomic E-state index is -0.235. The highest BCUT2D eigenvalue weighted by atomic mass is 16.5. The van der Waals surface area contributed by atoms with Crippen molar-refractivity contribution in [1.29, 1.82) is 0 Å². The maximum absolute atomic E-state index is 13.6. The van der Waals surface area contributed by atoms with Crippen molar-refractivity contribution in [3.63, 3.8) is 0 Å². The van der Waals surface area contributed by atoms with Crippen LogP contribution in [-0.4, -0.2) is 37.2 Å². The van der Waals surface area contributed by atoms with Crippen LogP contribution in [0, 0.1) is 46.3 Å². The first-order valence-corrected chi connectivity index (χ1v) is 17.2. The van der Waals surface area contributed by atoms with Gasteiger partial charge in [-0.3, -0.25) is 4.79 Å². The van der Waals surface area contributed by atoms with E-state index in [1.165, 1.54) is 13.5 Å². The van der Waals surface area contributed by atoms with Gasteiger partial charge >= 0.3 is 17.9 Å². The van der Waals surface area contributed by atoms with Crippen molar-refractivity contribution in [2.45, 2.75) is 97.2 Å². The lowest BCUT2D eigenvalue weighted by Crippen LogP contribution is -2.59. The van der Waals surface area contributed by atoms with Crippen LogP contribution >= 0.6 is 0 Å². The van der Waals surface area contributed by atoms with Gasteiger partial charge in [0.1, 0.15) is 12.2 Å². The van der Waals surface area contributed by atoms with E-state index in [9.17, 15) is 14.4 Å². The first kappa shape index (κ1) is 31.8. The monoisotopic (exact) mass is 614 g/mol.